The number of likely N-dealkylation sites (tertiary alicyclic amines) is 1. The molecule has 1 N–H and O–H groups in total. The van der Waals surface area contributed by atoms with Gasteiger partial charge in [0, 0.05) is 25.7 Å². The first-order valence-electron chi connectivity index (χ1n) is 7.84. The molecule has 1 aromatic carbocycles. The number of hydrogen-bond acceptors (Lipinski definition) is 3. The smallest absolute Gasteiger partial charge is 0.244 e. The monoisotopic (exact) mass is 311 g/mol. The summed E-state index contributed by atoms with van der Waals surface area (Å²) >= 11 is 0. The van der Waals surface area contributed by atoms with Crippen LogP contribution in [0, 0.1) is 17.2 Å². The first-order chi connectivity index (χ1) is 11.2. The van der Waals surface area contributed by atoms with E-state index in [1.54, 1.807) is 17.1 Å². The fourth-order valence-electron chi connectivity index (χ4n) is 2.61. The van der Waals surface area contributed by atoms with Crippen molar-refractivity contribution < 1.29 is 9.59 Å². The van der Waals surface area contributed by atoms with Gasteiger partial charge in [-0.15, -0.1) is 0 Å². The number of rotatable bonds is 5. The summed E-state index contributed by atoms with van der Waals surface area (Å²) in [4.78, 5) is 25.2. The maximum atomic E-state index is 11.8. The number of carbonyl (C=O) groups is 2. The second kappa shape index (κ2) is 8.74. The van der Waals surface area contributed by atoms with E-state index in [2.05, 4.69) is 5.32 Å². The average Bonchev–Trinajstić information content (AvgIpc) is 2.59. The molecule has 0 radical (unpaired) electrons. The number of carbonyl (C=O) groups excluding carboxylic acids is 2. The van der Waals surface area contributed by atoms with Crippen LogP contribution >= 0.6 is 0 Å². The molecule has 0 atom stereocenters. The molecule has 1 saturated heterocycles. The van der Waals surface area contributed by atoms with E-state index in [1.807, 2.05) is 36.4 Å². The summed E-state index contributed by atoms with van der Waals surface area (Å²) in [5.74, 6) is 0.188. The minimum atomic E-state index is -0.100. The summed E-state index contributed by atoms with van der Waals surface area (Å²) in [5.41, 5.74) is 0.993. The van der Waals surface area contributed by atoms with Crippen molar-refractivity contribution in [1.29, 1.82) is 5.26 Å². The molecule has 5 heteroatoms. The quantitative estimate of drug-likeness (QED) is 0.845. The van der Waals surface area contributed by atoms with Gasteiger partial charge in [0.25, 0.3) is 0 Å². The average molecular weight is 311 g/mol. The van der Waals surface area contributed by atoms with Crippen LogP contribution in [-0.4, -0.2) is 36.3 Å². The maximum absolute atomic E-state index is 11.8. The van der Waals surface area contributed by atoms with Crippen LogP contribution in [-0.2, 0) is 9.59 Å². The molecule has 23 heavy (non-hydrogen) atoms. The van der Waals surface area contributed by atoms with Crippen molar-refractivity contribution in [2.24, 2.45) is 5.92 Å². The highest BCUT2D eigenvalue weighted by Crippen LogP contribution is 2.17. The Morgan fingerprint density at radius 2 is 1.96 bits per heavy atom. The van der Waals surface area contributed by atoms with Crippen LogP contribution in [0.4, 0.5) is 0 Å². The van der Waals surface area contributed by atoms with E-state index in [0.29, 0.717) is 25.6 Å². The van der Waals surface area contributed by atoms with Crippen molar-refractivity contribution in [2.45, 2.75) is 19.3 Å². The molecule has 2 amide bonds. The molecular formula is C18H21N3O2. The first kappa shape index (κ1) is 16.8. The topological polar surface area (TPSA) is 73.2 Å². The van der Waals surface area contributed by atoms with Gasteiger partial charge >= 0.3 is 0 Å². The minimum Gasteiger partial charge on any atom is -0.352 e. The van der Waals surface area contributed by atoms with Crippen LogP contribution < -0.4 is 5.32 Å². The summed E-state index contributed by atoms with van der Waals surface area (Å²) in [5, 5.41) is 11.5. The molecule has 1 fully saturated rings. The fourth-order valence-corrected chi connectivity index (χ4v) is 2.61. The standard InChI is InChI=1S/C18H21N3O2/c19-11-8-18(23)21-12-9-16(10-13-21)14-20-17(22)7-6-15-4-2-1-3-5-15/h1-7,16H,8-10,12-14H2,(H,20,22)/b7-6+. The molecule has 120 valence electrons. The van der Waals surface area contributed by atoms with Gasteiger partial charge < -0.3 is 10.2 Å². The molecule has 0 unspecified atom stereocenters. The zero-order chi connectivity index (χ0) is 16.5. The number of benzene rings is 1. The van der Waals surface area contributed by atoms with Gasteiger partial charge in [-0.3, -0.25) is 9.59 Å². The lowest BCUT2D eigenvalue weighted by atomic mass is 9.96. The number of nitrogens with zero attached hydrogens (tertiary/aromatic N) is 2. The summed E-state index contributed by atoms with van der Waals surface area (Å²) in [6.45, 7) is 1.96. The van der Waals surface area contributed by atoms with E-state index in [1.165, 1.54) is 0 Å². The van der Waals surface area contributed by atoms with Gasteiger partial charge in [0.1, 0.15) is 6.42 Å². The van der Waals surface area contributed by atoms with Gasteiger partial charge in [-0.2, -0.15) is 5.26 Å². The van der Waals surface area contributed by atoms with Gasteiger partial charge in [-0.1, -0.05) is 30.3 Å². The van der Waals surface area contributed by atoms with Gasteiger partial charge in [-0.25, -0.2) is 0 Å². The number of nitriles is 1. The molecule has 1 aromatic rings. The van der Waals surface area contributed by atoms with Gasteiger partial charge in [0.2, 0.25) is 11.8 Å². The second-order valence-electron chi connectivity index (χ2n) is 5.65. The van der Waals surface area contributed by atoms with Gasteiger partial charge in [-0.05, 0) is 30.4 Å². The molecule has 1 aliphatic heterocycles. The fraction of sp³-hybridized carbons (Fsp3) is 0.389. The Labute approximate surface area is 136 Å². The predicted molar refractivity (Wildman–Crippen MR) is 88.0 cm³/mol. The highest BCUT2D eigenvalue weighted by molar-refractivity contribution is 5.91. The molecule has 1 aliphatic rings. The number of piperidine rings is 1. The van der Waals surface area contributed by atoms with Crippen molar-refractivity contribution in [3.63, 3.8) is 0 Å². The molecule has 5 nitrogen and oxygen atoms in total. The molecule has 0 bridgehead atoms. The predicted octanol–water partition coefficient (Wildman–Crippen LogP) is 1.97. The third-order valence-electron chi connectivity index (χ3n) is 3.99. The number of nitrogens with one attached hydrogen (secondary N) is 1. The molecule has 0 aromatic heterocycles. The van der Waals surface area contributed by atoms with E-state index < -0.39 is 0 Å². The zero-order valence-electron chi connectivity index (χ0n) is 13.1. The summed E-state index contributed by atoms with van der Waals surface area (Å²) < 4.78 is 0. The Kier molecular flexibility index (Phi) is 6.37. The van der Waals surface area contributed by atoms with Crippen LogP contribution in [0.5, 0.6) is 0 Å². The van der Waals surface area contributed by atoms with E-state index in [4.69, 9.17) is 5.26 Å². The number of amides is 2. The first-order valence-corrected chi connectivity index (χ1v) is 7.84. The SMILES string of the molecule is N#CCC(=O)N1CCC(CNC(=O)/C=C/c2ccccc2)CC1. The van der Waals surface area contributed by atoms with E-state index >= 15 is 0 Å². The van der Waals surface area contributed by atoms with E-state index in [0.717, 1.165) is 18.4 Å². The highest BCUT2D eigenvalue weighted by Gasteiger charge is 2.22. The molecule has 2 rings (SSSR count). The molecule has 0 spiro atoms. The van der Waals surface area contributed by atoms with Crippen LogP contribution in [0.15, 0.2) is 36.4 Å². The van der Waals surface area contributed by atoms with Crippen LogP contribution in [0.3, 0.4) is 0 Å². The van der Waals surface area contributed by atoms with Crippen molar-refractivity contribution in [3.05, 3.63) is 42.0 Å². The summed E-state index contributed by atoms with van der Waals surface area (Å²) in [6, 6.07) is 11.6. The van der Waals surface area contributed by atoms with Crippen molar-refractivity contribution in [1.82, 2.24) is 10.2 Å². The second-order valence-corrected chi connectivity index (χ2v) is 5.65. The van der Waals surface area contributed by atoms with E-state index in [-0.39, 0.29) is 18.2 Å². The lowest BCUT2D eigenvalue weighted by Gasteiger charge is -2.31. The van der Waals surface area contributed by atoms with Crippen LogP contribution in [0.2, 0.25) is 0 Å². The van der Waals surface area contributed by atoms with Gasteiger partial charge in [0.15, 0.2) is 0 Å². The van der Waals surface area contributed by atoms with Gasteiger partial charge in [0.05, 0.1) is 6.07 Å². The lowest BCUT2D eigenvalue weighted by Crippen LogP contribution is -2.41. The molecular weight excluding hydrogens is 290 g/mol. The Bertz CT molecular complexity index is 596. The summed E-state index contributed by atoms with van der Waals surface area (Å²) in [7, 11) is 0. The zero-order valence-corrected chi connectivity index (χ0v) is 13.1. The Morgan fingerprint density at radius 1 is 1.26 bits per heavy atom. The normalized spacial score (nSPS) is 15.3. The van der Waals surface area contributed by atoms with Crippen LogP contribution in [0.25, 0.3) is 6.08 Å². The third kappa shape index (κ3) is 5.59. The van der Waals surface area contributed by atoms with Crippen molar-refractivity contribution in [2.75, 3.05) is 19.6 Å². The summed E-state index contributed by atoms with van der Waals surface area (Å²) in [6.07, 6.45) is 5.00. The Hall–Kier alpha value is -2.61. The molecule has 0 saturated carbocycles. The minimum absolute atomic E-state index is 0.0499. The van der Waals surface area contributed by atoms with Crippen molar-refractivity contribution >= 4 is 17.9 Å². The third-order valence-corrected chi connectivity index (χ3v) is 3.99. The van der Waals surface area contributed by atoms with Crippen LogP contribution in [0.1, 0.15) is 24.8 Å². The van der Waals surface area contributed by atoms with E-state index in [9.17, 15) is 9.59 Å². The number of hydrogen-bond donors (Lipinski definition) is 1. The largest absolute Gasteiger partial charge is 0.352 e. The highest BCUT2D eigenvalue weighted by atomic mass is 16.2. The lowest BCUT2D eigenvalue weighted by molar-refractivity contribution is -0.131. The van der Waals surface area contributed by atoms with Crippen molar-refractivity contribution in [3.8, 4) is 6.07 Å². The molecule has 1 heterocycles. The Balaban J connectivity index is 1.69. The maximum Gasteiger partial charge on any atom is 0.244 e. The molecule has 0 aliphatic carbocycles. The Morgan fingerprint density at radius 3 is 2.61 bits per heavy atom.